The third-order valence-electron chi connectivity index (χ3n) is 7.65. The fourth-order valence-electron chi connectivity index (χ4n) is 4.89. The molecule has 2 aliphatic rings. The molecule has 0 saturated carbocycles. The molecule has 0 aromatic carbocycles. The van der Waals surface area contributed by atoms with Gasteiger partial charge in [-0.15, -0.1) is 0 Å². The number of Topliss-reactive ketones (excluding diaryl/α,β-unsaturated/α-hetero) is 3. The summed E-state index contributed by atoms with van der Waals surface area (Å²) in [5, 5.41) is 9.88. The van der Waals surface area contributed by atoms with Crippen molar-refractivity contribution in [1.82, 2.24) is 0 Å². The Bertz CT molecular complexity index is 1540. The Kier molecular flexibility index (Phi) is 12.0. The van der Waals surface area contributed by atoms with Gasteiger partial charge >= 0.3 is 0 Å². The molecule has 0 bridgehead atoms. The maximum Gasteiger partial charge on any atom is 0.225 e. The number of carbonyl (C=O) groups is 3. The molecule has 0 saturated heterocycles. The lowest BCUT2D eigenvalue weighted by Gasteiger charge is -2.28. The molecular weight excluding hydrogens is 532 g/mol. The first-order valence-corrected chi connectivity index (χ1v) is 14.6. The molecule has 2 aliphatic carbocycles. The van der Waals surface area contributed by atoms with Gasteiger partial charge < -0.3 is 5.11 Å². The highest BCUT2D eigenvalue weighted by molar-refractivity contribution is 6.48. The summed E-state index contributed by atoms with van der Waals surface area (Å²) in [4.78, 5) is 36.4. The van der Waals surface area contributed by atoms with Gasteiger partial charge in [0.05, 0.1) is 5.41 Å². The van der Waals surface area contributed by atoms with Crippen LogP contribution in [0.3, 0.4) is 0 Å². The van der Waals surface area contributed by atoms with Gasteiger partial charge in [0.2, 0.25) is 17.3 Å². The summed E-state index contributed by atoms with van der Waals surface area (Å²) in [7, 11) is 0. The van der Waals surface area contributed by atoms with Crippen LogP contribution in [0, 0.1) is 10.8 Å². The molecule has 0 aromatic heterocycles. The summed E-state index contributed by atoms with van der Waals surface area (Å²) in [5.74, 6) is -1.23. The highest BCUT2D eigenvalue weighted by atomic mass is 16.3. The number of aliphatic hydroxyl groups is 1. The van der Waals surface area contributed by atoms with E-state index in [0.29, 0.717) is 11.1 Å². The second kappa shape index (κ2) is 14.7. The molecule has 0 atom stereocenters. The largest absolute Gasteiger partial charge is 0.504 e. The minimum Gasteiger partial charge on any atom is -0.504 e. The summed E-state index contributed by atoms with van der Waals surface area (Å²) in [6.45, 7) is 19.1. The van der Waals surface area contributed by atoms with Crippen molar-refractivity contribution in [3.63, 3.8) is 0 Å². The first-order chi connectivity index (χ1) is 20.0. The molecule has 2 rings (SSSR count). The van der Waals surface area contributed by atoms with Gasteiger partial charge in [0.1, 0.15) is 0 Å². The zero-order valence-electron chi connectivity index (χ0n) is 27.3. The minimum absolute atomic E-state index is 0.182. The van der Waals surface area contributed by atoms with E-state index in [1.807, 2.05) is 127 Å². The average Bonchev–Trinajstić information content (AvgIpc) is 3.06. The summed E-state index contributed by atoms with van der Waals surface area (Å²) in [5.41, 5.74) is 5.89. The maximum absolute atomic E-state index is 12.2. The van der Waals surface area contributed by atoms with E-state index in [1.165, 1.54) is 0 Å². The Morgan fingerprint density at radius 2 is 1.00 bits per heavy atom. The summed E-state index contributed by atoms with van der Waals surface area (Å²) < 4.78 is 0. The molecule has 0 unspecified atom stereocenters. The number of carbonyl (C=O) groups excluding carboxylic acids is 3. The third-order valence-corrected chi connectivity index (χ3v) is 7.65. The highest BCUT2D eigenvalue weighted by Gasteiger charge is 2.43. The van der Waals surface area contributed by atoms with Gasteiger partial charge in [0.25, 0.3) is 0 Å². The molecule has 4 nitrogen and oxygen atoms in total. The third kappa shape index (κ3) is 9.34. The van der Waals surface area contributed by atoms with Gasteiger partial charge in [-0.1, -0.05) is 121 Å². The second-order valence-electron chi connectivity index (χ2n) is 12.4. The summed E-state index contributed by atoms with van der Waals surface area (Å²) in [6, 6.07) is 0. The van der Waals surface area contributed by atoms with Crippen LogP contribution < -0.4 is 0 Å². The molecule has 0 aromatic rings. The van der Waals surface area contributed by atoms with Crippen LogP contribution in [0.15, 0.2) is 141 Å². The minimum atomic E-state index is -0.771. The van der Waals surface area contributed by atoms with E-state index in [4.69, 9.17) is 0 Å². The van der Waals surface area contributed by atoms with Gasteiger partial charge in [-0.05, 0) is 72.6 Å². The zero-order chi connectivity index (χ0) is 32.5. The molecule has 1 N–H and O–H groups in total. The Hall–Kier alpha value is -4.31. The zero-order valence-corrected chi connectivity index (χ0v) is 27.3. The number of ketones is 3. The van der Waals surface area contributed by atoms with E-state index >= 15 is 0 Å². The Morgan fingerprint density at radius 1 is 0.605 bits per heavy atom. The first-order valence-electron chi connectivity index (χ1n) is 14.6. The van der Waals surface area contributed by atoms with E-state index in [1.54, 1.807) is 33.8 Å². The smallest absolute Gasteiger partial charge is 0.225 e. The highest BCUT2D eigenvalue weighted by Crippen LogP contribution is 2.39. The van der Waals surface area contributed by atoms with Crippen molar-refractivity contribution in [2.45, 2.75) is 69.2 Å². The second-order valence-corrected chi connectivity index (χ2v) is 12.4. The predicted molar refractivity (Wildman–Crippen MR) is 179 cm³/mol. The van der Waals surface area contributed by atoms with Crippen molar-refractivity contribution in [2.24, 2.45) is 10.8 Å². The molecule has 0 fully saturated rings. The monoisotopic (exact) mass is 578 g/mol. The lowest BCUT2D eigenvalue weighted by atomic mass is 9.76. The van der Waals surface area contributed by atoms with Gasteiger partial charge in [-0.25, -0.2) is 0 Å². The van der Waals surface area contributed by atoms with E-state index < -0.39 is 10.8 Å². The van der Waals surface area contributed by atoms with Crippen molar-refractivity contribution in [3.05, 3.63) is 141 Å². The molecule has 0 aliphatic heterocycles. The average molecular weight is 579 g/mol. The van der Waals surface area contributed by atoms with Crippen LogP contribution >= 0.6 is 0 Å². The van der Waals surface area contributed by atoms with Gasteiger partial charge in [-0.2, -0.15) is 0 Å². The van der Waals surface area contributed by atoms with Crippen molar-refractivity contribution in [1.29, 1.82) is 0 Å². The van der Waals surface area contributed by atoms with Crippen LogP contribution in [0.1, 0.15) is 69.2 Å². The van der Waals surface area contributed by atoms with Crippen molar-refractivity contribution in [3.8, 4) is 0 Å². The van der Waals surface area contributed by atoms with E-state index in [-0.39, 0.29) is 23.1 Å². The molecule has 0 radical (unpaired) electrons. The fourth-order valence-corrected chi connectivity index (χ4v) is 4.89. The lowest BCUT2D eigenvalue weighted by molar-refractivity contribution is -0.137. The first kappa shape index (κ1) is 34.9. The van der Waals surface area contributed by atoms with Crippen molar-refractivity contribution in [2.75, 3.05) is 0 Å². The number of hydrogen-bond acceptors (Lipinski definition) is 4. The normalized spacial score (nSPS) is 21.0. The van der Waals surface area contributed by atoms with Crippen molar-refractivity contribution >= 4 is 17.3 Å². The van der Waals surface area contributed by atoms with E-state index in [9.17, 15) is 19.5 Å². The van der Waals surface area contributed by atoms with Crippen LogP contribution in [-0.4, -0.2) is 22.5 Å². The predicted octanol–water partition coefficient (Wildman–Crippen LogP) is 9.41. The molecule has 226 valence electrons. The van der Waals surface area contributed by atoms with E-state index in [2.05, 4.69) is 0 Å². The molecule has 0 heterocycles. The van der Waals surface area contributed by atoms with Crippen LogP contribution in [0.4, 0.5) is 0 Å². The van der Waals surface area contributed by atoms with Crippen LogP contribution in [0.5, 0.6) is 0 Å². The Balaban J connectivity index is 1.94. The molecule has 0 spiro atoms. The lowest BCUT2D eigenvalue weighted by Crippen LogP contribution is -2.24. The Labute approximate surface area is 258 Å². The number of aliphatic hydroxyl groups excluding tert-OH is 1. The van der Waals surface area contributed by atoms with Gasteiger partial charge in [0.15, 0.2) is 5.76 Å². The number of rotatable bonds is 10. The topological polar surface area (TPSA) is 71.4 Å². The SMILES string of the molecule is CC(C=CC1=C(C)C(=O)C(O)=CC1(C)C)=CC=CC(C)=C/C=C/C=C(C)/C=C/C=C(C)/C=C/C1=C(C)C(=O)C(=O)C1(C)C. The number of allylic oxidation sites excluding steroid dienone is 23. The molecule has 0 amide bonds. The summed E-state index contributed by atoms with van der Waals surface area (Å²) >= 11 is 0. The Morgan fingerprint density at radius 3 is 1.44 bits per heavy atom. The van der Waals surface area contributed by atoms with Gasteiger partial charge in [0, 0.05) is 16.6 Å². The molecular formula is C39H46O4. The summed E-state index contributed by atoms with van der Waals surface area (Å²) in [6.07, 6.45) is 29.5. The van der Waals surface area contributed by atoms with Crippen LogP contribution in [0.25, 0.3) is 0 Å². The fraction of sp³-hybridized carbons (Fsp3) is 0.308. The molecule has 4 heteroatoms. The molecule has 43 heavy (non-hydrogen) atoms. The maximum atomic E-state index is 12.2. The van der Waals surface area contributed by atoms with Crippen LogP contribution in [0.2, 0.25) is 0 Å². The number of hydrogen-bond donors (Lipinski definition) is 1. The van der Waals surface area contributed by atoms with Crippen molar-refractivity contribution < 1.29 is 19.5 Å². The quantitative estimate of drug-likeness (QED) is 0.207. The standard InChI is InChI=1S/C39H46O4/c1-26(17-13-19-28(3)21-23-32-30(5)35(41)34(40)25-38(32,7)8)15-11-12-16-27(2)18-14-20-29(4)22-24-33-31(6)36(42)37(43)39(33,9)10/h11-25,40H,1-10H3/b12-11+,17-13?,18-14+,23-21?,24-22+,26-15?,27-16+,28-19?,29-20+. The van der Waals surface area contributed by atoms with Crippen LogP contribution in [-0.2, 0) is 14.4 Å². The van der Waals surface area contributed by atoms with E-state index in [0.717, 1.165) is 33.4 Å². The van der Waals surface area contributed by atoms with Gasteiger partial charge in [-0.3, -0.25) is 14.4 Å².